The average molecular weight is 453 g/mol. The van der Waals surface area contributed by atoms with Gasteiger partial charge in [0.15, 0.2) is 11.5 Å². The highest BCUT2D eigenvalue weighted by atomic mass is 19.4. The van der Waals surface area contributed by atoms with Crippen LogP contribution in [0.25, 0.3) is 10.9 Å². The molecule has 1 aromatic carbocycles. The molecule has 0 fully saturated rings. The number of allylic oxidation sites excluding steroid dienone is 2. The van der Waals surface area contributed by atoms with Crippen LogP contribution in [0.4, 0.5) is 30.4 Å². The summed E-state index contributed by atoms with van der Waals surface area (Å²) < 4.78 is 42.7. The standard InChI is InChI=1S/C23H22F3N7/c1-33-10-9-16(13-33)29-22-17-11-15(7-8-19(17)30-32-22)28-20(14-5-3-2-4-6-14)18-12-27-31-21(18)23(24,25)26/h5,7-13H,2-4,6H2,1H3,(H,27,31)(H2,29,30,32)/b28-20+. The minimum absolute atomic E-state index is 0.0365. The van der Waals surface area contributed by atoms with Crippen molar-refractivity contribution in [2.75, 3.05) is 5.32 Å². The van der Waals surface area contributed by atoms with Gasteiger partial charge in [-0.3, -0.25) is 10.2 Å². The summed E-state index contributed by atoms with van der Waals surface area (Å²) >= 11 is 0. The molecule has 7 nitrogen and oxygen atoms in total. The topological polar surface area (TPSA) is 86.7 Å². The third-order valence-corrected chi connectivity index (χ3v) is 5.64. The number of nitrogens with zero attached hydrogens (tertiary/aromatic N) is 4. The van der Waals surface area contributed by atoms with Gasteiger partial charge in [0.1, 0.15) is 0 Å². The van der Waals surface area contributed by atoms with E-state index in [1.807, 2.05) is 48.3 Å². The number of aliphatic imine (C=N–C) groups is 1. The molecule has 0 aliphatic heterocycles. The maximum Gasteiger partial charge on any atom is 0.435 e. The molecule has 1 aliphatic carbocycles. The van der Waals surface area contributed by atoms with Crippen molar-refractivity contribution in [2.45, 2.75) is 31.9 Å². The van der Waals surface area contributed by atoms with Gasteiger partial charge < -0.3 is 9.88 Å². The van der Waals surface area contributed by atoms with Gasteiger partial charge >= 0.3 is 6.18 Å². The molecule has 10 heteroatoms. The summed E-state index contributed by atoms with van der Waals surface area (Å²) in [5.41, 5.74) is 2.33. The number of anilines is 2. The van der Waals surface area contributed by atoms with Crippen LogP contribution in [0.3, 0.4) is 0 Å². The van der Waals surface area contributed by atoms with Gasteiger partial charge in [-0.25, -0.2) is 4.99 Å². The van der Waals surface area contributed by atoms with E-state index in [1.165, 1.54) is 6.20 Å². The highest BCUT2D eigenvalue weighted by molar-refractivity contribution is 6.14. The van der Waals surface area contributed by atoms with Crippen molar-refractivity contribution in [3.8, 4) is 0 Å². The fourth-order valence-electron chi connectivity index (χ4n) is 4.05. The Labute approximate surface area is 187 Å². The van der Waals surface area contributed by atoms with E-state index >= 15 is 0 Å². The Kier molecular flexibility index (Phi) is 5.27. The van der Waals surface area contributed by atoms with Crippen LogP contribution in [-0.4, -0.2) is 30.7 Å². The first-order valence-corrected chi connectivity index (χ1v) is 10.6. The highest BCUT2D eigenvalue weighted by Crippen LogP contribution is 2.35. The Balaban J connectivity index is 1.59. The summed E-state index contributed by atoms with van der Waals surface area (Å²) in [6, 6.07) is 7.34. The van der Waals surface area contributed by atoms with Gasteiger partial charge in [0.2, 0.25) is 0 Å². The van der Waals surface area contributed by atoms with E-state index < -0.39 is 11.9 Å². The number of benzene rings is 1. The van der Waals surface area contributed by atoms with Gasteiger partial charge in [0.25, 0.3) is 0 Å². The number of halogens is 3. The van der Waals surface area contributed by atoms with E-state index in [0.29, 0.717) is 23.6 Å². The Morgan fingerprint density at radius 1 is 1.18 bits per heavy atom. The minimum atomic E-state index is -4.58. The van der Waals surface area contributed by atoms with Gasteiger partial charge in [0.05, 0.1) is 28.2 Å². The molecule has 3 heterocycles. The number of H-pyrrole nitrogens is 2. The molecule has 5 rings (SSSR count). The Morgan fingerprint density at radius 2 is 2.06 bits per heavy atom. The molecule has 0 unspecified atom stereocenters. The number of fused-ring (bicyclic) bond motifs is 1. The van der Waals surface area contributed by atoms with Crippen LogP contribution < -0.4 is 5.32 Å². The van der Waals surface area contributed by atoms with Crippen LogP contribution in [0.1, 0.15) is 36.9 Å². The fourth-order valence-corrected chi connectivity index (χ4v) is 4.05. The minimum Gasteiger partial charge on any atom is -0.355 e. The molecule has 1 aliphatic rings. The molecule has 3 N–H and O–H groups in total. The SMILES string of the molecule is Cn1ccc(Nc2n[nH]c3ccc(/N=C(\C4=CCCCC4)c4c[nH]nc4C(F)(F)F)cc23)c1. The van der Waals surface area contributed by atoms with E-state index in [1.54, 1.807) is 6.07 Å². The van der Waals surface area contributed by atoms with Crippen LogP contribution >= 0.6 is 0 Å². The lowest BCUT2D eigenvalue weighted by molar-refractivity contribution is -0.141. The first-order valence-electron chi connectivity index (χ1n) is 10.6. The van der Waals surface area contributed by atoms with Crippen molar-refractivity contribution in [2.24, 2.45) is 12.0 Å². The molecule has 0 atom stereocenters. The fraction of sp³-hybridized carbons (Fsp3) is 0.261. The molecule has 0 saturated heterocycles. The van der Waals surface area contributed by atoms with Crippen LogP contribution in [0.5, 0.6) is 0 Å². The summed E-state index contributed by atoms with van der Waals surface area (Å²) in [6.07, 6.45) is 5.94. The van der Waals surface area contributed by atoms with Crippen molar-refractivity contribution in [1.29, 1.82) is 0 Å². The summed E-state index contributed by atoms with van der Waals surface area (Å²) in [4.78, 5) is 4.70. The number of rotatable bonds is 5. The van der Waals surface area contributed by atoms with Crippen molar-refractivity contribution in [3.63, 3.8) is 0 Å². The molecule has 170 valence electrons. The van der Waals surface area contributed by atoms with E-state index in [0.717, 1.165) is 41.4 Å². The summed E-state index contributed by atoms with van der Waals surface area (Å²) in [5.74, 6) is 0.617. The van der Waals surface area contributed by atoms with Crippen molar-refractivity contribution < 1.29 is 13.2 Å². The summed E-state index contributed by atoms with van der Waals surface area (Å²) in [6.45, 7) is 0. The predicted octanol–water partition coefficient (Wildman–Crippen LogP) is 6.01. The van der Waals surface area contributed by atoms with Crippen molar-refractivity contribution >= 4 is 33.8 Å². The Morgan fingerprint density at radius 3 is 2.79 bits per heavy atom. The summed E-state index contributed by atoms with van der Waals surface area (Å²) in [5, 5.41) is 17.2. The molecule has 0 amide bonds. The number of aromatic nitrogens is 5. The van der Waals surface area contributed by atoms with Crippen molar-refractivity contribution in [3.05, 3.63) is 65.8 Å². The lowest BCUT2D eigenvalue weighted by Gasteiger charge is -2.16. The van der Waals surface area contributed by atoms with Crippen LogP contribution in [0.2, 0.25) is 0 Å². The van der Waals surface area contributed by atoms with Crippen LogP contribution in [0, 0.1) is 0 Å². The van der Waals surface area contributed by atoms with E-state index in [9.17, 15) is 13.2 Å². The number of aromatic amines is 2. The lowest BCUT2D eigenvalue weighted by Crippen LogP contribution is -2.15. The van der Waals surface area contributed by atoms with Gasteiger partial charge in [-0.15, -0.1) is 0 Å². The van der Waals surface area contributed by atoms with Gasteiger partial charge in [0, 0.05) is 31.0 Å². The normalized spacial score (nSPS) is 15.2. The maximum absolute atomic E-state index is 13.6. The third kappa shape index (κ3) is 4.28. The predicted molar refractivity (Wildman–Crippen MR) is 121 cm³/mol. The van der Waals surface area contributed by atoms with Crippen LogP contribution in [-0.2, 0) is 13.2 Å². The molecule has 0 saturated carbocycles. The number of hydrogen-bond donors (Lipinski definition) is 3. The van der Waals surface area contributed by atoms with Gasteiger partial charge in [-0.05, 0) is 55.5 Å². The molecule has 0 spiro atoms. The molecule has 0 radical (unpaired) electrons. The summed E-state index contributed by atoms with van der Waals surface area (Å²) in [7, 11) is 1.92. The monoisotopic (exact) mass is 453 g/mol. The Bertz CT molecular complexity index is 1350. The zero-order valence-corrected chi connectivity index (χ0v) is 17.9. The lowest BCUT2D eigenvalue weighted by atomic mass is 9.92. The highest BCUT2D eigenvalue weighted by Gasteiger charge is 2.38. The Hall–Kier alpha value is -3.82. The van der Waals surface area contributed by atoms with E-state index in [2.05, 4.69) is 25.7 Å². The quantitative estimate of drug-likeness (QED) is 0.324. The number of alkyl halides is 3. The first-order chi connectivity index (χ1) is 15.9. The molecular weight excluding hydrogens is 431 g/mol. The molecule has 0 bridgehead atoms. The second-order valence-electron chi connectivity index (χ2n) is 8.07. The van der Waals surface area contributed by atoms with Gasteiger partial charge in [-0.2, -0.15) is 23.4 Å². The number of hydrogen-bond acceptors (Lipinski definition) is 4. The van der Waals surface area contributed by atoms with Gasteiger partial charge in [-0.1, -0.05) is 6.08 Å². The molecule has 4 aromatic rings. The molecule has 33 heavy (non-hydrogen) atoms. The smallest absolute Gasteiger partial charge is 0.355 e. The van der Waals surface area contributed by atoms with Crippen LogP contribution in [0.15, 0.2) is 59.5 Å². The van der Waals surface area contributed by atoms with E-state index in [4.69, 9.17) is 4.99 Å². The maximum atomic E-state index is 13.6. The average Bonchev–Trinajstić information content (AvgIpc) is 3.53. The second kappa shape index (κ2) is 8.27. The zero-order valence-electron chi connectivity index (χ0n) is 17.9. The molecule has 3 aromatic heterocycles. The number of nitrogens with one attached hydrogen (secondary N) is 3. The molecular formula is C23H22F3N7. The third-order valence-electron chi connectivity index (χ3n) is 5.64. The first kappa shape index (κ1) is 21.0. The van der Waals surface area contributed by atoms with E-state index in [-0.39, 0.29) is 5.56 Å². The zero-order chi connectivity index (χ0) is 23.0. The largest absolute Gasteiger partial charge is 0.435 e. The second-order valence-corrected chi connectivity index (χ2v) is 8.07. The number of aryl methyl sites for hydroxylation is 1. The van der Waals surface area contributed by atoms with Crippen molar-refractivity contribution in [1.82, 2.24) is 25.0 Å².